The number of rotatable bonds is 2. The summed E-state index contributed by atoms with van der Waals surface area (Å²) in [7, 11) is -3.47. The Bertz CT molecular complexity index is 711. The number of ketones is 1. The molecular weight excluding hydrogens is 306 g/mol. The van der Waals surface area contributed by atoms with Gasteiger partial charge in [-0.05, 0) is 19.9 Å². The highest BCUT2D eigenvalue weighted by Crippen LogP contribution is 2.24. The van der Waals surface area contributed by atoms with E-state index in [0.717, 1.165) is 5.69 Å². The lowest BCUT2D eigenvalue weighted by atomic mass is 10.0. The topological polar surface area (TPSA) is 96.3 Å². The largest absolute Gasteiger partial charge is 0.293 e. The van der Waals surface area contributed by atoms with Crippen molar-refractivity contribution in [3.05, 3.63) is 17.5 Å². The van der Waals surface area contributed by atoms with Crippen LogP contribution >= 0.6 is 0 Å². The van der Waals surface area contributed by atoms with Crippen molar-refractivity contribution < 1.29 is 13.2 Å². The highest BCUT2D eigenvalue weighted by Gasteiger charge is 2.45. The maximum Gasteiger partial charge on any atom is 0.277 e. The molecule has 1 atom stereocenters. The number of Topliss-reactive ketones (excluding diaryl/α,β-unsaturated/α-hetero) is 1. The molecule has 0 bridgehead atoms. The van der Waals surface area contributed by atoms with Gasteiger partial charge in [0.05, 0.1) is 17.8 Å². The van der Waals surface area contributed by atoms with E-state index in [1.807, 2.05) is 0 Å². The van der Waals surface area contributed by atoms with Crippen molar-refractivity contribution in [3.63, 3.8) is 0 Å². The molecule has 1 fully saturated rings. The molecule has 0 saturated carbocycles. The Kier molecular flexibility index (Phi) is 3.63. The van der Waals surface area contributed by atoms with E-state index in [2.05, 4.69) is 33.3 Å². The van der Waals surface area contributed by atoms with Crippen LogP contribution in [0.2, 0.25) is 0 Å². The molecule has 3 rings (SSSR count). The van der Waals surface area contributed by atoms with Crippen LogP contribution in [0.5, 0.6) is 0 Å². The zero-order valence-electron chi connectivity index (χ0n) is 13.0. The molecule has 1 aromatic heterocycles. The minimum absolute atomic E-state index is 0.0872. The molecule has 2 aliphatic rings. The molecule has 2 aliphatic heterocycles. The fourth-order valence-corrected chi connectivity index (χ4v) is 4.32. The van der Waals surface area contributed by atoms with Crippen molar-refractivity contribution in [1.82, 2.24) is 24.1 Å². The van der Waals surface area contributed by atoms with Crippen molar-refractivity contribution >= 4 is 16.0 Å². The van der Waals surface area contributed by atoms with E-state index in [9.17, 15) is 13.2 Å². The monoisotopic (exact) mass is 327 g/mol. The number of carbonyl (C=O) groups excluding carboxylic acids is 1. The number of hydrogen-bond donors (Lipinski definition) is 2. The van der Waals surface area contributed by atoms with Gasteiger partial charge in [0.1, 0.15) is 5.69 Å². The number of fused-ring (bicyclic) bond motifs is 1. The zero-order valence-corrected chi connectivity index (χ0v) is 13.8. The number of carbonyl (C=O) groups is 1. The van der Waals surface area contributed by atoms with Crippen LogP contribution in [0.1, 0.15) is 37.0 Å². The number of aromatic nitrogens is 2. The van der Waals surface area contributed by atoms with Crippen LogP contribution < -0.4 is 9.44 Å². The molecule has 2 N–H and O–H groups in total. The quantitative estimate of drug-likeness (QED) is 0.713. The molecule has 1 unspecified atom stereocenters. The minimum atomic E-state index is -3.47. The van der Waals surface area contributed by atoms with Gasteiger partial charge in [-0.2, -0.15) is 18.2 Å². The third-order valence-electron chi connectivity index (χ3n) is 4.23. The summed E-state index contributed by atoms with van der Waals surface area (Å²) in [6, 6.07) is 2.05. The summed E-state index contributed by atoms with van der Waals surface area (Å²) < 4.78 is 30.6. The Hall–Kier alpha value is -1.29. The number of nitrogens with zero attached hydrogens (tertiary/aromatic N) is 3. The van der Waals surface area contributed by atoms with Crippen molar-refractivity contribution in [2.45, 2.75) is 45.4 Å². The summed E-state index contributed by atoms with van der Waals surface area (Å²) in [5, 5.41) is 4.35. The SMILES string of the molecule is CC(=O)c1cc2n(n1)CC1(CNS(=O)(=O)N1)CN(C(C)C)C2. The molecule has 1 aromatic rings. The normalized spacial score (nSPS) is 28.0. The lowest BCUT2D eigenvalue weighted by molar-refractivity contribution is 0.101. The van der Waals surface area contributed by atoms with Crippen molar-refractivity contribution in [1.29, 1.82) is 0 Å². The molecule has 3 heterocycles. The van der Waals surface area contributed by atoms with Gasteiger partial charge in [0.15, 0.2) is 5.78 Å². The summed E-state index contributed by atoms with van der Waals surface area (Å²) in [5.74, 6) is -0.0872. The van der Waals surface area contributed by atoms with Crippen LogP contribution in [0.15, 0.2) is 6.07 Å². The molecule has 0 amide bonds. The third kappa shape index (κ3) is 2.81. The molecule has 1 spiro atoms. The number of hydrogen-bond acceptors (Lipinski definition) is 5. The van der Waals surface area contributed by atoms with Crippen molar-refractivity contribution in [3.8, 4) is 0 Å². The first kappa shape index (κ1) is 15.6. The van der Waals surface area contributed by atoms with Crippen LogP contribution in [-0.4, -0.2) is 53.6 Å². The Morgan fingerprint density at radius 2 is 2.14 bits per heavy atom. The minimum Gasteiger partial charge on any atom is -0.293 e. The first-order chi connectivity index (χ1) is 10.2. The second kappa shape index (κ2) is 5.12. The standard InChI is InChI=1S/C13H21N5O3S/c1-9(2)17-5-11-4-12(10(3)19)15-18(11)8-13(7-17)6-14-22(20,21)16-13/h4,9,14,16H,5-8H2,1-3H3. The van der Waals surface area contributed by atoms with E-state index >= 15 is 0 Å². The first-order valence-electron chi connectivity index (χ1n) is 7.30. The van der Waals surface area contributed by atoms with Gasteiger partial charge in [-0.15, -0.1) is 0 Å². The van der Waals surface area contributed by atoms with Gasteiger partial charge >= 0.3 is 0 Å². The van der Waals surface area contributed by atoms with Gasteiger partial charge in [-0.1, -0.05) is 0 Å². The molecule has 9 heteroatoms. The van der Waals surface area contributed by atoms with Gasteiger partial charge in [-0.3, -0.25) is 14.4 Å². The summed E-state index contributed by atoms with van der Waals surface area (Å²) in [5.41, 5.74) is 0.709. The Balaban J connectivity index is 2.02. The van der Waals surface area contributed by atoms with Crippen LogP contribution in [0.25, 0.3) is 0 Å². The first-order valence-corrected chi connectivity index (χ1v) is 8.78. The Labute approximate surface area is 130 Å². The molecule has 1 saturated heterocycles. The third-order valence-corrected chi connectivity index (χ3v) is 5.46. The average Bonchev–Trinajstić information content (AvgIpc) is 2.86. The Morgan fingerprint density at radius 1 is 1.41 bits per heavy atom. The van der Waals surface area contributed by atoms with E-state index < -0.39 is 15.7 Å². The summed E-state index contributed by atoms with van der Waals surface area (Å²) in [6.07, 6.45) is 0. The van der Waals surface area contributed by atoms with Crippen LogP contribution in [-0.2, 0) is 23.3 Å². The maximum absolute atomic E-state index is 11.8. The van der Waals surface area contributed by atoms with E-state index in [1.54, 1.807) is 10.7 Å². The average molecular weight is 327 g/mol. The smallest absolute Gasteiger partial charge is 0.277 e. The van der Waals surface area contributed by atoms with E-state index in [1.165, 1.54) is 6.92 Å². The van der Waals surface area contributed by atoms with Crippen LogP contribution in [0.4, 0.5) is 0 Å². The molecule has 122 valence electrons. The lowest BCUT2D eigenvalue weighted by Crippen LogP contribution is -2.55. The predicted molar refractivity (Wildman–Crippen MR) is 80.6 cm³/mol. The van der Waals surface area contributed by atoms with Gasteiger partial charge < -0.3 is 0 Å². The summed E-state index contributed by atoms with van der Waals surface area (Å²) >= 11 is 0. The van der Waals surface area contributed by atoms with Gasteiger partial charge in [-0.25, -0.2) is 4.72 Å². The molecule has 0 aliphatic carbocycles. The zero-order chi connectivity index (χ0) is 16.1. The second-order valence-electron chi connectivity index (χ2n) is 6.44. The molecule has 0 aromatic carbocycles. The second-order valence-corrected chi connectivity index (χ2v) is 7.94. The van der Waals surface area contributed by atoms with Gasteiger partial charge in [0.25, 0.3) is 10.2 Å². The summed E-state index contributed by atoms with van der Waals surface area (Å²) in [4.78, 5) is 13.8. The fourth-order valence-electron chi connectivity index (χ4n) is 3.01. The molecule has 0 radical (unpaired) electrons. The van der Waals surface area contributed by atoms with Crippen molar-refractivity contribution in [2.24, 2.45) is 0 Å². The van der Waals surface area contributed by atoms with Gasteiger partial charge in [0.2, 0.25) is 0 Å². The lowest BCUT2D eigenvalue weighted by Gasteiger charge is -2.33. The fraction of sp³-hybridized carbons (Fsp3) is 0.692. The van der Waals surface area contributed by atoms with E-state index in [4.69, 9.17) is 0 Å². The molecular formula is C13H21N5O3S. The highest BCUT2D eigenvalue weighted by atomic mass is 32.2. The van der Waals surface area contributed by atoms with E-state index in [0.29, 0.717) is 31.9 Å². The maximum atomic E-state index is 11.8. The van der Waals surface area contributed by atoms with Crippen LogP contribution in [0, 0.1) is 0 Å². The van der Waals surface area contributed by atoms with Gasteiger partial charge in [0, 0.05) is 32.6 Å². The number of nitrogens with one attached hydrogen (secondary N) is 2. The Morgan fingerprint density at radius 3 is 2.68 bits per heavy atom. The molecule has 8 nitrogen and oxygen atoms in total. The van der Waals surface area contributed by atoms with E-state index in [-0.39, 0.29) is 11.8 Å². The summed E-state index contributed by atoms with van der Waals surface area (Å²) in [6.45, 7) is 7.58. The molecule has 22 heavy (non-hydrogen) atoms. The predicted octanol–water partition coefficient (Wildman–Crippen LogP) is -0.514. The highest BCUT2D eigenvalue weighted by molar-refractivity contribution is 7.87. The van der Waals surface area contributed by atoms with Crippen molar-refractivity contribution in [2.75, 3.05) is 13.1 Å². The van der Waals surface area contributed by atoms with Crippen LogP contribution in [0.3, 0.4) is 0 Å².